The largest absolute Gasteiger partial charge is 0.393 e. The zero-order valence-electron chi connectivity index (χ0n) is 22.6. The minimum atomic E-state index is -0.274. The Balaban J connectivity index is 4.16. The molecule has 3 nitrogen and oxygen atoms in total. The predicted molar refractivity (Wildman–Crippen MR) is 142 cm³/mol. The van der Waals surface area contributed by atoms with Crippen molar-refractivity contribution in [3.05, 3.63) is 0 Å². The minimum Gasteiger partial charge on any atom is -0.393 e. The fourth-order valence-electron chi connectivity index (χ4n) is 5.08. The van der Waals surface area contributed by atoms with E-state index in [1.807, 2.05) is 0 Å². The molecule has 0 aromatic rings. The maximum atomic E-state index is 10.7. The van der Waals surface area contributed by atoms with Crippen LogP contribution in [0.15, 0.2) is 0 Å². The zero-order valence-corrected chi connectivity index (χ0v) is 22.6. The van der Waals surface area contributed by atoms with Crippen molar-refractivity contribution in [2.75, 3.05) is 6.54 Å². The van der Waals surface area contributed by atoms with E-state index < -0.39 is 0 Å². The number of unbranched alkanes of at least 4 members (excludes halogenated alkanes) is 14. The molecular weight excluding hydrogens is 394 g/mol. The van der Waals surface area contributed by atoms with Crippen molar-refractivity contribution >= 4 is 0 Å². The quantitative estimate of drug-likeness (QED) is 0.129. The van der Waals surface area contributed by atoms with E-state index in [4.69, 9.17) is 5.73 Å². The summed E-state index contributed by atoms with van der Waals surface area (Å²) < 4.78 is 0. The van der Waals surface area contributed by atoms with E-state index in [0.29, 0.717) is 12.5 Å². The molecule has 0 fully saturated rings. The summed E-state index contributed by atoms with van der Waals surface area (Å²) in [6, 6.07) is 0. The lowest BCUT2D eigenvalue weighted by atomic mass is 9.69. The number of aliphatic hydroxyl groups excluding tert-OH is 2. The molecule has 3 atom stereocenters. The number of hydrogen-bond donors (Lipinski definition) is 3. The summed E-state index contributed by atoms with van der Waals surface area (Å²) in [4.78, 5) is 0. The van der Waals surface area contributed by atoms with Gasteiger partial charge in [-0.2, -0.15) is 0 Å². The van der Waals surface area contributed by atoms with Crippen LogP contribution in [0.5, 0.6) is 0 Å². The highest BCUT2D eigenvalue weighted by Gasteiger charge is 2.34. The summed E-state index contributed by atoms with van der Waals surface area (Å²) in [5.74, 6) is 0.309. The summed E-state index contributed by atoms with van der Waals surface area (Å²) >= 11 is 0. The third kappa shape index (κ3) is 17.4. The first kappa shape index (κ1) is 31.9. The molecule has 3 unspecified atom stereocenters. The highest BCUT2D eigenvalue weighted by Crippen LogP contribution is 2.38. The van der Waals surface area contributed by atoms with E-state index in [0.717, 1.165) is 38.5 Å². The Hall–Kier alpha value is -0.120. The van der Waals surface area contributed by atoms with E-state index >= 15 is 0 Å². The molecule has 0 bridgehead atoms. The third-order valence-corrected chi connectivity index (χ3v) is 7.73. The molecule has 0 heterocycles. The smallest absolute Gasteiger partial charge is 0.0545 e. The Labute approximate surface area is 202 Å². The lowest BCUT2D eigenvalue weighted by molar-refractivity contribution is 0.0195. The Kier molecular flexibility index (Phi) is 21.3. The highest BCUT2D eigenvalue weighted by atomic mass is 16.3. The Morgan fingerprint density at radius 1 is 0.594 bits per heavy atom. The fraction of sp³-hybridized carbons (Fsp3) is 1.00. The van der Waals surface area contributed by atoms with Gasteiger partial charge in [0.25, 0.3) is 0 Å². The Morgan fingerprint density at radius 2 is 0.906 bits per heavy atom. The van der Waals surface area contributed by atoms with Crippen molar-refractivity contribution in [3.8, 4) is 0 Å². The van der Waals surface area contributed by atoms with Gasteiger partial charge < -0.3 is 15.9 Å². The molecule has 0 radical (unpaired) electrons. The molecule has 0 aliphatic heterocycles. The molecule has 0 aromatic heterocycles. The van der Waals surface area contributed by atoms with Gasteiger partial charge in [0, 0.05) is 0 Å². The standard InChI is InChI=1S/C29H61NO2/c1-5-7-9-11-13-15-17-19-21-27(31)23-29(4,26(3)25-30)24-28(32)22-20-18-16-14-12-10-8-6-2/h26-28,31-32H,5-25,30H2,1-4H3. The summed E-state index contributed by atoms with van der Waals surface area (Å²) in [7, 11) is 0. The molecule has 0 saturated heterocycles. The summed E-state index contributed by atoms with van der Waals surface area (Å²) in [5, 5.41) is 21.5. The SMILES string of the molecule is CCCCCCCCCCC(O)CC(C)(CC(O)CCCCCCCCCC)C(C)CN. The molecule has 194 valence electrons. The molecule has 32 heavy (non-hydrogen) atoms. The summed E-state index contributed by atoms with van der Waals surface area (Å²) in [5.41, 5.74) is 5.94. The topological polar surface area (TPSA) is 66.5 Å². The van der Waals surface area contributed by atoms with Crippen molar-refractivity contribution in [1.29, 1.82) is 0 Å². The van der Waals surface area contributed by atoms with E-state index in [-0.39, 0.29) is 17.6 Å². The van der Waals surface area contributed by atoms with Gasteiger partial charge in [0.05, 0.1) is 12.2 Å². The van der Waals surface area contributed by atoms with Crippen molar-refractivity contribution < 1.29 is 10.2 Å². The van der Waals surface area contributed by atoms with Gasteiger partial charge in [0.2, 0.25) is 0 Å². The lowest BCUT2D eigenvalue weighted by Crippen LogP contribution is -2.37. The van der Waals surface area contributed by atoms with Crippen molar-refractivity contribution in [2.45, 2.75) is 168 Å². The number of hydrogen-bond acceptors (Lipinski definition) is 3. The minimum absolute atomic E-state index is 0.0894. The van der Waals surface area contributed by atoms with Gasteiger partial charge in [-0.15, -0.1) is 0 Å². The van der Waals surface area contributed by atoms with Gasteiger partial charge in [-0.3, -0.25) is 0 Å². The van der Waals surface area contributed by atoms with Crippen molar-refractivity contribution in [2.24, 2.45) is 17.1 Å². The molecule has 0 aliphatic carbocycles. The average Bonchev–Trinajstić information content (AvgIpc) is 2.76. The predicted octanol–water partition coefficient (Wildman–Crippen LogP) is 8.15. The number of nitrogens with two attached hydrogens (primary N) is 1. The molecule has 0 spiro atoms. The molecule has 0 rings (SSSR count). The molecule has 4 N–H and O–H groups in total. The van der Waals surface area contributed by atoms with Crippen LogP contribution in [-0.2, 0) is 0 Å². The highest BCUT2D eigenvalue weighted by molar-refractivity contribution is 4.86. The fourth-order valence-corrected chi connectivity index (χ4v) is 5.08. The van der Waals surface area contributed by atoms with E-state index in [1.165, 1.54) is 89.9 Å². The normalized spacial score (nSPS) is 16.6. The molecule has 0 amide bonds. The number of aliphatic hydroxyl groups is 2. The lowest BCUT2D eigenvalue weighted by Gasteiger charge is -2.38. The van der Waals surface area contributed by atoms with Crippen LogP contribution in [-0.4, -0.2) is 29.0 Å². The molecule has 0 saturated carbocycles. The first-order chi connectivity index (χ1) is 15.4. The first-order valence-corrected chi connectivity index (χ1v) is 14.5. The molecule has 0 aromatic carbocycles. The van der Waals surface area contributed by atoms with Crippen LogP contribution in [0, 0.1) is 11.3 Å². The third-order valence-electron chi connectivity index (χ3n) is 7.73. The van der Waals surface area contributed by atoms with Gasteiger partial charge in [-0.05, 0) is 43.6 Å². The second kappa shape index (κ2) is 21.4. The van der Waals surface area contributed by atoms with Crippen LogP contribution in [0.2, 0.25) is 0 Å². The van der Waals surface area contributed by atoms with E-state index in [9.17, 15) is 10.2 Å². The van der Waals surface area contributed by atoms with Crippen LogP contribution < -0.4 is 5.73 Å². The van der Waals surface area contributed by atoms with Gasteiger partial charge >= 0.3 is 0 Å². The van der Waals surface area contributed by atoms with Crippen LogP contribution in [0.25, 0.3) is 0 Å². The van der Waals surface area contributed by atoms with Gasteiger partial charge in [0.15, 0.2) is 0 Å². The van der Waals surface area contributed by atoms with Gasteiger partial charge in [-0.25, -0.2) is 0 Å². The molecule has 3 heteroatoms. The van der Waals surface area contributed by atoms with Crippen molar-refractivity contribution in [3.63, 3.8) is 0 Å². The summed E-state index contributed by atoms with van der Waals surface area (Å²) in [6.45, 7) is 9.56. The monoisotopic (exact) mass is 455 g/mol. The number of rotatable bonds is 24. The van der Waals surface area contributed by atoms with Gasteiger partial charge in [-0.1, -0.05) is 130 Å². The van der Waals surface area contributed by atoms with E-state index in [2.05, 4.69) is 27.7 Å². The Bertz CT molecular complexity index is 359. The summed E-state index contributed by atoms with van der Waals surface area (Å²) in [6.07, 6.45) is 23.5. The van der Waals surface area contributed by atoms with Crippen LogP contribution in [0.3, 0.4) is 0 Å². The molecule has 0 aliphatic rings. The van der Waals surface area contributed by atoms with Crippen LogP contribution >= 0.6 is 0 Å². The second-order valence-electron chi connectivity index (χ2n) is 11.0. The Morgan fingerprint density at radius 3 is 1.22 bits per heavy atom. The van der Waals surface area contributed by atoms with E-state index in [1.54, 1.807) is 0 Å². The van der Waals surface area contributed by atoms with Crippen molar-refractivity contribution in [1.82, 2.24) is 0 Å². The van der Waals surface area contributed by atoms with Crippen LogP contribution in [0.1, 0.15) is 156 Å². The van der Waals surface area contributed by atoms with Crippen LogP contribution in [0.4, 0.5) is 0 Å². The van der Waals surface area contributed by atoms with Gasteiger partial charge in [0.1, 0.15) is 0 Å². The molecular formula is C29H61NO2. The second-order valence-corrected chi connectivity index (χ2v) is 11.0. The maximum Gasteiger partial charge on any atom is 0.0545 e. The average molecular weight is 456 g/mol. The zero-order chi connectivity index (χ0) is 24.1. The first-order valence-electron chi connectivity index (χ1n) is 14.5. The maximum absolute atomic E-state index is 10.7.